The number of hydrazone groups is 1. The zero-order valence-corrected chi connectivity index (χ0v) is 13.4. The smallest absolute Gasteiger partial charge is 0.270 e. The molecule has 24 heavy (non-hydrogen) atoms. The largest absolute Gasteiger partial charge is 0.309 e. The van der Waals surface area contributed by atoms with Crippen LogP contribution in [-0.4, -0.2) is 20.2 Å². The molecule has 3 aromatic rings. The van der Waals surface area contributed by atoms with Gasteiger partial charge < -0.3 is 4.57 Å². The summed E-state index contributed by atoms with van der Waals surface area (Å²) in [4.78, 5) is 15.0. The first-order valence-electron chi connectivity index (χ1n) is 7.60. The summed E-state index contributed by atoms with van der Waals surface area (Å²) in [6.45, 7) is 4.59. The normalized spacial score (nSPS) is 11.7. The van der Waals surface area contributed by atoms with Crippen LogP contribution in [0.2, 0.25) is 0 Å². The molecule has 122 valence electrons. The van der Waals surface area contributed by atoms with Crippen molar-refractivity contribution in [2.75, 3.05) is 5.43 Å². The molecule has 2 aromatic carbocycles. The standard InChI is InChI=1S/C17H17N5O2/c1-3-21-16-10-5-4-9-15(16)18-17(21)20-19-12(2)13-7-6-8-14(11-13)22(23)24/h4-11H,3H2,1-2H3,(H,18,20)/b19-12+. The van der Waals surface area contributed by atoms with Gasteiger partial charge in [-0.3, -0.25) is 10.1 Å². The summed E-state index contributed by atoms with van der Waals surface area (Å²) in [6, 6.07) is 14.3. The summed E-state index contributed by atoms with van der Waals surface area (Å²) in [7, 11) is 0. The molecule has 0 radical (unpaired) electrons. The Morgan fingerprint density at radius 3 is 2.83 bits per heavy atom. The summed E-state index contributed by atoms with van der Waals surface area (Å²) in [5, 5.41) is 15.2. The van der Waals surface area contributed by atoms with Crippen LogP contribution in [0.15, 0.2) is 53.6 Å². The number of nitrogens with zero attached hydrogens (tertiary/aromatic N) is 4. The fraction of sp³-hybridized carbons (Fsp3) is 0.176. The number of rotatable bonds is 5. The number of aromatic nitrogens is 2. The van der Waals surface area contributed by atoms with Crippen LogP contribution in [0.5, 0.6) is 0 Å². The molecule has 3 rings (SSSR count). The van der Waals surface area contributed by atoms with Crippen LogP contribution in [0.25, 0.3) is 11.0 Å². The van der Waals surface area contributed by atoms with Gasteiger partial charge >= 0.3 is 0 Å². The van der Waals surface area contributed by atoms with E-state index in [0.717, 1.165) is 17.6 Å². The summed E-state index contributed by atoms with van der Waals surface area (Å²) in [5.74, 6) is 0.642. The molecular formula is C17H17N5O2. The van der Waals surface area contributed by atoms with E-state index in [4.69, 9.17) is 0 Å². The fourth-order valence-corrected chi connectivity index (χ4v) is 2.52. The first-order valence-corrected chi connectivity index (χ1v) is 7.60. The SMILES string of the molecule is CCn1c(N/N=C(\C)c2cccc([N+](=O)[O-])c2)nc2ccccc21. The van der Waals surface area contributed by atoms with Crippen LogP contribution < -0.4 is 5.43 Å². The average Bonchev–Trinajstić information content (AvgIpc) is 2.97. The van der Waals surface area contributed by atoms with Gasteiger partial charge in [0.15, 0.2) is 0 Å². The molecule has 0 atom stereocenters. The minimum absolute atomic E-state index is 0.0443. The highest BCUT2D eigenvalue weighted by Gasteiger charge is 2.10. The number of benzene rings is 2. The Balaban J connectivity index is 1.90. The molecule has 0 aliphatic rings. The van der Waals surface area contributed by atoms with Crippen molar-refractivity contribution in [2.45, 2.75) is 20.4 Å². The van der Waals surface area contributed by atoms with Crippen LogP contribution in [0.4, 0.5) is 11.6 Å². The van der Waals surface area contributed by atoms with Crippen molar-refractivity contribution in [3.63, 3.8) is 0 Å². The second kappa shape index (κ2) is 6.49. The number of nitrogens with one attached hydrogen (secondary N) is 1. The molecule has 0 amide bonds. The highest BCUT2D eigenvalue weighted by molar-refractivity contribution is 5.99. The maximum Gasteiger partial charge on any atom is 0.270 e. The quantitative estimate of drug-likeness (QED) is 0.439. The molecule has 0 saturated heterocycles. The van der Waals surface area contributed by atoms with E-state index in [2.05, 4.69) is 15.5 Å². The summed E-state index contributed by atoms with van der Waals surface area (Å²) < 4.78 is 2.03. The molecule has 1 heterocycles. The van der Waals surface area contributed by atoms with Gasteiger partial charge in [0, 0.05) is 24.2 Å². The number of fused-ring (bicyclic) bond motifs is 1. The van der Waals surface area contributed by atoms with Gasteiger partial charge in [0.05, 0.1) is 21.7 Å². The number of nitro benzene ring substituents is 1. The molecule has 0 unspecified atom stereocenters. The molecular weight excluding hydrogens is 306 g/mol. The predicted molar refractivity (Wildman–Crippen MR) is 94.3 cm³/mol. The number of para-hydroxylation sites is 2. The average molecular weight is 323 g/mol. The molecule has 0 spiro atoms. The van der Waals surface area contributed by atoms with Gasteiger partial charge in [0.25, 0.3) is 5.69 Å². The van der Waals surface area contributed by atoms with Crippen molar-refractivity contribution in [3.05, 3.63) is 64.2 Å². The third kappa shape index (κ3) is 2.96. The fourth-order valence-electron chi connectivity index (χ4n) is 2.52. The van der Waals surface area contributed by atoms with E-state index in [-0.39, 0.29) is 5.69 Å². The first kappa shape index (κ1) is 15.7. The van der Waals surface area contributed by atoms with Gasteiger partial charge in [-0.1, -0.05) is 24.3 Å². The van der Waals surface area contributed by atoms with Gasteiger partial charge in [-0.2, -0.15) is 5.10 Å². The van der Waals surface area contributed by atoms with Gasteiger partial charge in [-0.15, -0.1) is 0 Å². The Labute approximate surface area is 138 Å². The number of imidazole rings is 1. The van der Waals surface area contributed by atoms with E-state index in [1.165, 1.54) is 12.1 Å². The number of aryl methyl sites for hydroxylation is 1. The highest BCUT2D eigenvalue weighted by atomic mass is 16.6. The van der Waals surface area contributed by atoms with Gasteiger partial charge in [-0.05, 0) is 26.0 Å². The van der Waals surface area contributed by atoms with E-state index in [1.54, 1.807) is 19.1 Å². The number of non-ortho nitro benzene ring substituents is 1. The summed E-state index contributed by atoms with van der Waals surface area (Å²) >= 11 is 0. The maximum absolute atomic E-state index is 10.9. The van der Waals surface area contributed by atoms with Crippen molar-refractivity contribution in [2.24, 2.45) is 5.10 Å². The van der Waals surface area contributed by atoms with E-state index in [0.29, 0.717) is 17.2 Å². The molecule has 7 nitrogen and oxygen atoms in total. The third-order valence-corrected chi connectivity index (χ3v) is 3.77. The molecule has 0 aliphatic carbocycles. The lowest BCUT2D eigenvalue weighted by Gasteiger charge is -2.06. The van der Waals surface area contributed by atoms with E-state index >= 15 is 0 Å². The molecule has 0 bridgehead atoms. The zero-order chi connectivity index (χ0) is 17.1. The lowest BCUT2D eigenvalue weighted by atomic mass is 10.1. The number of hydrogen-bond acceptors (Lipinski definition) is 5. The van der Waals surface area contributed by atoms with Crippen molar-refractivity contribution in [1.29, 1.82) is 0 Å². The van der Waals surface area contributed by atoms with Crippen LogP contribution in [0.1, 0.15) is 19.4 Å². The molecule has 1 aromatic heterocycles. The maximum atomic E-state index is 10.9. The van der Waals surface area contributed by atoms with Gasteiger partial charge in [-0.25, -0.2) is 10.4 Å². The summed E-state index contributed by atoms with van der Waals surface area (Å²) in [6.07, 6.45) is 0. The van der Waals surface area contributed by atoms with Crippen molar-refractivity contribution in [3.8, 4) is 0 Å². The van der Waals surface area contributed by atoms with E-state index in [1.807, 2.05) is 35.8 Å². The van der Waals surface area contributed by atoms with Crippen molar-refractivity contribution < 1.29 is 4.92 Å². The van der Waals surface area contributed by atoms with Crippen LogP contribution >= 0.6 is 0 Å². The second-order valence-electron chi connectivity index (χ2n) is 5.28. The van der Waals surface area contributed by atoms with Crippen molar-refractivity contribution >= 4 is 28.4 Å². The minimum atomic E-state index is -0.416. The van der Waals surface area contributed by atoms with E-state index < -0.39 is 4.92 Å². The second-order valence-corrected chi connectivity index (χ2v) is 5.28. The highest BCUT2D eigenvalue weighted by Crippen LogP contribution is 2.20. The molecule has 1 N–H and O–H groups in total. The lowest BCUT2D eigenvalue weighted by molar-refractivity contribution is -0.384. The molecule has 7 heteroatoms. The van der Waals surface area contributed by atoms with Crippen LogP contribution in [-0.2, 0) is 6.54 Å². The predicted octanol–water partition coefficient (Wildman–Crippen LogP) is 3.80. The molecule has 0 fully saturated rings. The lowest BCUT2D eigenvalue weighted by Crippen LogP contribution is -2.05. The van der Waals surface area contributed by atoms with Crippen LogP contribution in [0.3, 0.4) is 0 Å². The number of anilines is 1. The Bertz CT molecular complexity index is 930. The van der Waals surface area contributed by atoms with Gasteiger partial charge in [0.1, 0.15) is 0 Å². The molecule has 0 saturated carbocycles. The van der Waals surface area contributed by atoms with Crippen molar-refractivity contribution in [1.82, 2.24) is 9.55 Å². The number of hydrogen-bond donors (Lipinski definition) is 1. The Hall–Kier alpha value is -3.22. The number of nitro groups is 1. The first-order chi connectivity index (χ1) is 11.6. The third-order valence-electron chi connectivity index (χ3n) is 3.77. The topological polar surface area (TPSA) is 85.3 Å². The monoisotopic (exact) mass is 323 g/mol. The van der Waals surface area contributed by atoms with Crippen LogP contribution in [0, 0.1) is 10.1 Å². The Morgan fingerprint density at radius 2 is 2.08 bits per heavy atom. The summed E-state index contributed by atoms with van der Waals surface area (Å²) in [5.41, 5.74) is 6.28. The van der Waals surface area contributed by atoms with E-state index in [9.17, 15) is 10.1 Å². The van der Waals surface area contributed by atoms with Gasteiger partial charge in [0.2, 0.25) is 5.95 Å². The Morgan fingerprint density at radius 1 is 1.29 bits per heavy atom. The zero-order valence-electron chi connectivity index (χ0n) is 13.4. The molecule has 0 aliphatic heterocycles. The minimum Gasteiger partial charge on any atom is -0.309 e. The Kier molecular flexibility index (Phi) is 4.24.